The third-order valence-electron chi connectivity index (χ3n) is 2.26. The van der Waals surface area contributed by atoms with Crippen molar-refractivity contribution in [3.8, 4) is 0 Å². The van der Waals surface area contributed by atoms with Gasteiger partial charge in [-0.15, -0.1) is 11.6 Å². The van der Waals surface area contributed by atoms with Crippen molar-refractivity contribution >= 4 is 17.5 Å². The van der Waals surface area contributed by atoms with E-state index < -0.39 is 0 Å². The van der Waals surface area contributed by atoms with E-state index in [0.717, 1.165) is 5.56 Å². The van der Waals surface area contributed by atoms with E-state index >= 15 is 0 Å². The van der Waals surface area contributed by atoms with Crippen molar-refractivity contribution in [2.45, 2.75) is 18.9 Å². The lowest BCUT2D eigenvalue weighted by Crippen LogP contribution is -2.30. The van der Waals surface area contributed by atoms with E-state index in [0.29, 0.717) is 18.7 Å². The van der Waals surface area contributed by atoms with E-state index in [1.54, 1.807) is 0 Å². The Balaban J connectivity index is 2.52. The molecule has 4 heteroatoms. The molecule has 1 rings (SSSR count). The average Bonchev–Trinajstić information content (AvgIpc) is 2.34. The van der Waals surface area contributed by atoms with E-state index in [2.05, 4.69) is 5.32 Å². The van der Waals surface area contributed by atoms with Gasteiger partial charge < -0.3 is 10.4 Å². The Labute approximate surface area is 100 Å². The topological polar surface area (TPSA) is 49.3 Å². The van der Waals surface area contributed by atoms with Crippen LogP contribution < -0.4 is 5.32 Å². The van der Waals surface area contributed by atoms with Crippen molar-refractivity contribution in [3.63, 3.8) is 0 Å². The van der Waals surface area contributed by atoms with Gasteiger partial charge in [-0.25, -0.2) is 0 Å². The summed E-state index contributed by atoms with van der Waals surface area (Å²) in [5.41, 5.74) is 0.907. The second kappa shape index (κ2) is 7.25. The minimum atomic E-state index is -0.330. The number of rotatable bonds is 6. The zero-order valence-electron chi connectivity index (χ0n) is 9.03. The Morgan fingerprint density at radius 2 is 2.06 bits per heavy atom. The smallest absolute Gasteiger partial charge is 0.220 e. The first kappa shape index (κ1) is 13.0. The molecular weight excluding hydrogens is 226 g/mol. The number of nitrogens with one attached hydrogen (secondary N) is 1. The van der Waals surface area contributed by atoms with Crippen molar-refractivity contribution in [2.24, 2.45) is 0 Å². The number of carbonyl (C=O) groups excluding carboxylic acids is 1. The fraction of sp³-hybridized carbons (Fsp3) is 0.417. The fourth-order valence-electron chi connectivity index (χ4n) is 1.41. The molecule has 0 unspecified atom stereocenters. The monoisotopic (exact) mass is 241 g/mol. The lowest BCUT2D eigenvalue weighted by molar-refractivity contribution is -0.122. The maximum Gasteiger partial charge on any atom is 0.220 e. The Morgan fingerprint density at radius 3 is 2.62 bits per heavy atom. The summed E-state index contributed by atoms with van der Waals surface area (Å²) in [7, 11) is 0. The predicted molar refractivity (Wildman–Crippen MR) is 64.4 cm³/mol. The molecule has 0 aliphatic rings. The van der Waals surface area contributed by atoms with Crippen molar-refractivity contribution < 1.29 is 9.90 Å². The molecule has 0 fully saturated rings. The van der Waals surface area contributed by atoms with E-state index in [4.69, 9.17) is 11.6 Å². The summed E-state index contributed by atoms with van der Waals surface area (Å²) in [5.74, 6) is 0.395. The first-order chi connectivity index (χ1) is 7.77. The SMILES string of the molecule is O=C(CCCCl)N[C@H](CO)c1ccccc1. The molecule has 3 nitrogen and oxygen atoms in total. The summed E-state index contributed by atoms with van der Waals surface area (Å²) < 4.78 is 0. The van der Waals surface area contributed by atoms with E-state index in [-0.39, 0.29) is 18.6 Å². The molecule has 0 aliphatic carbocycles. The van der Waals surface area contributed by atoms with Crippen molar-refractivity contribution in [1.29, 1.82) is 0 Å². The number of hydrogen-bond acceptors (Lipinski definition) is 2. The summed E-state index contributed by atoms with van der Waals surface area (Å²) in [6.45, 7) is -0.101. The van der Waals surface area contributed by atoms with Crippen LogP contribution in [0.3, 0.4) is 0 Å². The van der Waals surface area contributed by atoms with Crippen LogP contribution in [0.4, 0.5) is 0 Å². The van der Waals surface area contributed by atoms with Gasteiger partial charge in [0, 0.05) is 12.3 Å². The summed E-state index contributed by atoms with van der Waals surface area (Å²) in [6.07, 6.45) is 1.05. The van der Waals surface area contributed by atoms with E-state index in [1.807, 2.05) is 30.3 Å². The third-order valence-corrected chi connectivity index (χ3v) is 2.52. The lowest BCUT2D eigenvalue weighted by Gasteiger charge is -2.16. The van der Waals surface area contributed by atoms with Crippen LogP contribution in [0.25, 0.3) is 0 Å². The van der Waals surface area contributed by atoms with Crippen molar-refractivity contribution in [3.05, 3.63) is 35.9 Å². The number of carbonyl (C=O) groups is 1. The van der Waals surface area contributed by atoms with Gasteiger partial charge >= 0.3 is 0 Å². The Hall–Kier alpha value is -1.06. The molecule has 0 aromatic heterocycles. The summed E-state index contributed by atoms with van der Waals surface area (Å²) in [5, 5.41) is 12.0. The highest BCUT2D eigenvalue weighted by atomic mass is 35.5. The Bertz CT molecular complexity index is 316. The van der Waals surface area contributed by atoms with Gasteiger partial charge in [0.05, 0.1) is 12.6 Å². The van der Waals surface area contributed by atoms with Gasteiger partial charge in [0.15, 0.2) is 0 Å². The number of hydrogen-bond donors (Lipinski definition) is 2. The molecule has 2 N–H and O–H groups in total. The molecule has 88 valence electrons. The minimum absolute atomic E-state index is 0.0800. The molecule has 1 aromatic rings. The molecule has 0 radical (unpaired) electrons. The second-order valence-electron chi connectivity index (χ2n) is 3.51. The molecule has 0 heterocycles. The number of alkyl halides is 1. The molecular formula is C12H16ClNO2. The van der Waals surface area contributed by atoms with Gasteiger partial charge in [0.1, 0.15) is 0 Å². The first-order valence-electron chi connectivity index (χ1n) is 5.29. The highest BCUT2D eigenvalue weighted by molar-refractivity contribution is 6.17. The quantitative estimate of drug-likeness (QED) is 0.747. The van der Waals surface area contributed by atoms with Crippen LogP contribution in [0.1, 0.15) is 24.4 Å². The fourth-order valence-corrected chi connectivity index (χ4v) is 1.55. The van der Waals surface area contributed by atoms with Crippen molar-refractivity contribution in [1.82, 2.24) is 5.32 Å². The van der Waals surface area contributed by atoms with Gasteiger partial charge in [0.25, 0.3) is 0 Å². The second-order valence-corrected chi connectivity index (χ2v) is 3.88. The molecule has 1 aromatic carbocycles. The van der Waals surface area contributed by atoms with Crippen LogP contribution in [0.15, 0.2) is 30.3 Å². The highest BCUT2D eigenvalue weighted by Crippen LogP contribution is 2.11. The maximum atomic E-state index is 11.5. The van der Waals surface area contributed by atoms with Crippen LogP contribution in [-0.4, -0.2) is 23.5 Å². The normalized spacial score (nSPS) is 12.1. The zero-order chi connectivity index (χ0) is 11.8. The zero-order valence-corrected chi connectivity index (χ0v) is 9.78. The Kier molecular flexibility index (Phi) is 5.90. The molecule has 0 saturated heterocycles. The number of amides is 1. The first-order valence-corrected chi connectivity index (χ1v) is 5.82. The predicted octanol–water partition coefficient (Wildman–Crippen LogP) is 1.86. The van der Waals surface area contributed by atoms with Gasteiger partial charge in [-0.05, 0) is 12.0 Å². The molecule has 16 heavy (non-hydrogen) atoms. The van der Waals surface area contributed by atoms with Gasteiger partial charge in [0.2, 0.25) is 5.91 Å². The van der Waals surface area contributed by atoms with Crippen molar-refractivity contribution in [2.75, 3.05) is 12.5 Å². The van der Waals surface area contributed by atoms with Crippen LogP contribution in [0, 0.1) is 0 Å². The van der Waals surface area contributed by atoms with E-state index in [1.165, 1.54) is 0 Å². The summed E-state index contributed by atoms with van der Waals surface area (Å²) in [6, 6.07) is 9.08. The van der Waals surface area contributed by atoms with Gasteiger partial charge in [-0.1, -0.05) is 30.3 Å². The standard InChI is InChI=1S/C12H16ClNO2/c13-8-4-7-12(16)14-11(9-15)10-5-2-1-3-6-10/h1-3,5-6,11,15H,4,7-9H2,(H,14,16)/t11-/m1/s1. The number of aliphatic hydroxyl groups excluding tert-OH is 1. The summed E-state index contributed by atoms with van der Waals surface area (Å²) in [4.78, 5) is 11.5. The molecule has 0 saturated carbocycles. The molecule has 0 spiro atoms. The number of aliphatic hydroxyl groups is 1. The Morgan fingerprint density at radius 1 is 1.38 bits per heavy atom. The van der Waals surface area contributed by atoms with E-state index in [9.17, 15) is 9.90 Å². The highest BCUT2D eigenvalue weighted by Gasteiger charge is 2.12. The van der Waals surface area contributed by atoms with Crippen LogP contribution in [-0.2, 0) is 4.79 Å². The largest absolute Gasteiger partial charge is 0.394 e. The number of benzene rings is 1. The average molecular weight is 242 g/mol. The minimum Gasteiger partial charge on any atom is -0.394 e. The maximum absolute atomic E-state index is 11.5. The molecule has 0 bridgehead atoms. The van der Waals surface area contributed by atoms with Gasteiger partial charge in [-0.3, -0.25) is 4.79 Å². The van der Waals surface area contributed by atoms with Gasteiger partial charge in [-0.2, -0.15) is 0 Å². The van der Waals surface area contributed by atoms with Crippen LogP contribution >= 0.6 is 11.6 Å². The van der Waals surface area contributed by atoms with Crippen LogP contribution in [0.2, 0.25) is 0 Å². The molecule has 1 amide bonds. The third kappa shape index (κ3) is 4.21. The number of halogens is 1. The molecule has 0 aliphatic heterocycles. The summed E-state index contributed by atoms with van der Waals surface area (Å²) >= 11 is 5.50. The van der Waals surface area contributed by atoms with Crippen LogP contribution in [0.5, 0.6) is 0 Å². The lowest BCUT2D eigenvalue weighted by atomic mass is 10.1. The molecule has 1 atom stereocenters.